The molecule has 0 bridgehead atoms. The molecule has 1 aromatic rings. The molecule has 0 spiro atoms. The third-order valence-corrected chi connectivity index (χ3v) is 4.77. The lowest BCUT2D eigenvalue weighted by molar-refractivity contribution is -0.386. The Labute approximate surface area is 159 Å². The Kier molecular flexibility index (Phi) is 9.02. The number of nitrogens with one attached hydrogen (secondary N) is 1. The molecule has 25 heavy (non-hydrogen) atoms. The van der Waals surface area contributed by atoms with Crippen LogP contribution in [0.15, 0.2) is 18.2 Å². The van der Waals surface area contributed by atoms with Gasteiger partial charge in [-0.05, 0) is 30.9 Å². The summed E-state index contributed by atoms with van der Waals surface area (Å²) in [6.07, 6.45) is 1.76. The number of hydrogen-bond donors (Lipinski definition) is 1. The number of nitro groups is 1. The zero-order valence-electron chi connectivity index (χ0n) is 13.9. The van der Waals surface area contributed by atoms with E-state index in [9.17, 15) is 14.5 Å². The Hall–Kier alpha value is -0.990. The van der Waals surface area contributed by atoms with Gasteiger partial charge in [-0.3, -0.25) is 15.0 Å². The third kappa shape index (κ3) is 5.24. The molecule has 0 saturated carbocycles. The number of rotatable bonds is 4. The zero-order chi connectivity index (χ0) is 16.2. The van der Waals surface area contributed by atoms with Gasteiger partial charge < -0.3 is 10.1 Å². The van der Waals surface area contributed by atoms with E-state index < -0.39 is 10.7 Å². The molecule has 0 unspecified atom stereocenters. The van der Waals surface area contributed by atoms with E-state index in [1.807, 2.05) is 0 Å². The summed E-state index contributed by atoms with van der Waals surface area (Å²) in [7, 11) is 0. The third-order valence-electron chi connectivity index (χ3n) is 4.77. The van der Waals surface area contributed by atoms with Crippen LogP contribution in [0.5, 0.6) is 0 Å². The molecule has 2 fully saturated rings. The molecule has 1 N–H and O–H groups in total. The van der Waals surface area contributed by atoms with Crippen molar-refractivity contribution in [1.29, 1.82) is 0 Å². The molecule has 0 aliphatic carbocycles. The average Bonchev–Trinajstić information content (AvgIpc) is 2.58. The average molecular weight is 396 g/mol. The minimum atomic E-state index is -0.563. The molecular weight excluding hydrogens is 372 g/mol. The Morgan fingerprint density at radius 2 is 1.88 bits per heavy atom. The van der Waals surface area contributed by atoms with Crippen molar-refractivity contribution < 1.29 is 14.1 Å². The number of halogens is 3. The summed E-state index contributed by atoms with van der Waals surface area (Å²) in [5.74, 6) is -0.266. The molecule has 2 heterocycles. The number of nitro benzene ring substituents is 1. The quantitative estimate of drug-likeness (QED) is 0.626. The minimum absolute atomic E-state index is 0. The van der Waals surface area contributed by atoms with Gasteiger partial charge in [-0.2, -0.15) is 0 Å². The second-order valence-electron chi connectivity index (χ2n) is 6.14. The SMILES string of the molecule is Cl.Cl.O=[N+]([O-])c1cc(F)ccc1[C@@H](C1CCOCC1)N1CCNCC1. The first-order valence-corrected chi connectivity index (χ1v) is 8.13. The first kappa shape index (κ1) is 22.1. The lowest BCUT2D eigenvalue weighted by Gasteiger charge is -2.40. The molecule has 142 valence electrons. The van der Waals surface area contributed by atoms with E-state index in [4.69, 9.17) is 4.74 Å². The highest BCUT2D eigenvalue weighted by molar-refractivity contribution is 5.85. The van der Waals surface area contributed by atoms with Crippen molar-refractivity contribution in [2.24, 2.45) is 5.92 Å². The second-order valence-corrected chi connectivity index (χ2v) is 6.14. The normalized spacial score (nSPS) is 20.2. The number of nitrogens with zero attached hydrogens (tertiary/aromatic N) is 2. The Morgan fingerprint density at radius 1 is 1.24 bits per heavy atom. The largest absolute Gasteiger partial charge is 0.381 e. The predicted molar refractivity (Wildman–Crippen MR) is 98.3 cm³/mol. The van der Waals surface area contributed by atoms with Crippen molar-refractivity contribution >= 4 is 30.5 Å². The number of benzene rings is 1. The standard InChI is InChI=1S/C16H22FN3O3.2ClH/c17-13-1-2-14(15(11-13)20(21)22)16(12-3-9-23-10-4-12)19-7-5-18-6-8-19;;/h1-2,11-12,16,18H,3-10H2;2*1H/t16-;;/m1../s1. The molecule has 2 aliphatic rings. The van der Waals surface area contributed by atoms with Crippen molar-refractivity contribution in [2.45, 2.75) is 18.9 Å². The Bertz CT molecular complexity index is 550. The molecule has 1 aromatic carbocycles. The van der Waals surface area contributed by atoms with E-state index in [2.05, 4.69) is 10.2 Å². The maximum absolute atomic E-state index is 13.5. The first-order chi connectivity index (χ1) is 11.2. The van der Waals surface area contributed by atoms with E-state index in [1.54, 1.807) is 6.07 Å². The molecule has 0 amide bonds. The highest BCUT2D eigenvalue weighted by Gasteiger charge is 2.35. The lowest BCUT2D eigenvalue weighted by Crippen LogP contribution is -2.47. The summed E-state index contributed by atoms with van der Waals surface area (Å²) in [6, 6.07) is 3.91. The second kappa shape index (κ2) is 10.2. The maximum Gasteiger partial charge on any atom is 0.277 e. The van der Waals surface area contributed by atoms with Crippen molar-refractivity contribution in [3.63, 3.8) is 0 Å². The summed E-state index contributed by atoms with van der Waals surface area (Å²) >= 11 is 0. The topological polar surface area (TPSA) is 67.6 Å². The fraction of sp³-hybridized carbons (Fsp3) is 0.625. The highest BCUT2D eigenvalue weighted by Crippen LogP contribution is 2.39. The van der Waals surface area contributed by atoms with E-state index in [1.165, 1.54) is 6.07 Å². The molecule has 1 atom stereocenters. The molecule has 0 radical (unpaired) electrons. The van der Waals surface area contributed by atoms with Gasteiger partial charge in [0.25, 0.3) is 5.69 Å². The number of piperazine rings is 1. The van der Waals surface area contributed by atoms with Crippen LogP contribution in [-0.2, 0) is 4.74 Å². The number of ether oxygens (including phenoxy) is 1. The van der Waals surface area contributed by atoms with Gasteiger partial charge in [-0.15, -0.1) is 24.8 Å². The van der Waals surface area contributed by atoms with Gasteiger partial charge in [-0.1, -0.05) is 0 Å². The van der Waals surface area contributed by atoms with Crippen LogP contribution in [0, 0.1) is 21.8 Å². The van der Waals surface area contributed by atoms with Crippen molar-refractivity contribution in [3.8, 4) is 0 Å². The molecule has 9 heteroatoms. The summed E-state index contributed by atoms with van der Waals surface area (Å²) in [4.78, 5) is 13.3. The van der Waals surface area contributed by atoms with E-state index >= 15 is 0 Å². The lowest BCUT2D eigenvalue weighted by atomic mass is 9.85. The zero-order valence-corrected chi connectivity index (χ0v) is 15.5. The molecule has 2 saturated heterocycles. The summed E-state index contributed by atoms with van der Waals surface area (Å²) < 4.78 is 19.0. The fourth-order valence-corrected chi connectivity index (χ4v) is 3.67. The summed E-state index contributed by atoms with van der Waals surface area (Å²) in [6.45, 7) is 4.79. The van der Waals surface area contributed by atoms with Crippen LogP contribution < -0.4 is 5.32 Å². The van der Waals surface area contributed by atoms with Gasteiger partial charge in [0.05, 0.1) is 11.0 Å². The fourth-order valence-electron chi connectivity index (χ4n) is 3.67. The van der Waals surface area contributed by atoms with Crippen molar-refractivity contribution in [3.05, 3.63) is 39.7 Å². The van der Waals surface area contributed by atoms with Gasteiger partial charge in [0.1, 0.15) is 5.82 Å². The van der Waals surface area contributed by atoms with E-state index in [0.29, 0.717) is 24.7 Å². The van der Waals surface area contributed by atoms with Crippen LogP contribution in [0.4, 0.5) is 10.1 Å². The Balaban J connectivity index is 0.00000156. The van der Waals surface area contributed by atoms with E-state index in [-0.39, 0.29) is 36.5 Å². The first-order valence-electron chi connectivity index (χ1n) is 8.13. The van der Waals surface area contributed by atoms with Crippen molar-refractivity contribution in [2.75, 3.05) is 39.4 Å². The van der Waals surface area contributed by atoms with Gasteiger partial charge in [0.2, 0.25) is 0 Å². The van der Waals surface area contributed by atoms with Crippen LogP contribution in [0.3, 0.4) is 0 Å². The Morgan fingerprint density at radius 3 is 2.48 bits per heavy atom. The molecule has 0 aromatic heterocycles. The van der Waals surface area contributed by atoms with Gasteiger partial charge in [-0.25, -0.2) is 4.39 Å². The van der Waals surface area contributed by atoms with Gasteiger partial charge in [0.15, 0.2) is 0 Å². The van der Waals surface area contributed by atoms with Crippen molar-refractivity contribution in [1.82, 2.24) is 10.2 Å². The molecular formula is C16H24Cl2FN3O3. The van der Waals surface area contributed by atoms with E-state index in [0.717, 1.165) is 45.1 Å². The molecule has 6 nitrogen and oxygen atoms in total. The summed E-state index contributed by atoms with van der Waals surface area (Å²) in [5, 5.41) is 14.7. The van der Waals surface area contributed by atoms with Crippen LogP contribution in [0.25, 0.3) is 0 Å². The number of hydrogen-bond acceptors (Lipinski definition) is 5. The predicted octanol–water partition coefficient (Wildman–Crippen LogP) is 2.95. The van der Waals surface area contributed by atoms with Crippen LogP contribution in [0.1, 0.15) is 24.4 Å². The smallest absolute Gasteiger partial charge is 0.277 e. The summed E-state index contributed by atoms with van der Waals surface area (Å²) in [5.41, 5.74) is 0.519. The molecule has 2 aliphatic heterocycles. The van der Waals surface area contributed by atoms with Crippen LogP contribution >= 0.6 is 24.8 Å². The highest BCUT2D eigenvalue weighted by atomic mass is 35.5. The van der Waals surface area contributed by atoms with Gasteiger partial charge >= 0.3 is 0 Å². The van der Waals surface area contributed by atoms with Crippen LogP contribution in [-0.4, -0.2) is 49.2 Å². The van der Waals surface area contributed by atoms with Crippen LogP contribution in [0.2, 0.25) is 0 Å². The molecule has 3 rings (SSSR count). The maximum atomic E-state index is 13.5. The van der Waals surface area contributed by atoms with Gasteiger partial charge in [0, 0.05) is 51.0 Å². The monoisotopic (exact) mass is 395 g/mol. The minimum Gasteiger partial charge on any atom is -0.381 e.